The van der Waals surface area contributed by atoms with Gasteiger partial charge in [0.15, 0.2) is 0 Å². The number of rotatable bonds is 6. The van der Waals surface area contributed by atoms with Crippen molar-refractivity contribution in [3.8, 4) is 11.4 Å². The van der Waals surface area contributed by atoms with Gasteiger partial charge in [0, 0.05) is 37.2 Å². The molecular formula is C19H19N5O2. The number of nitrogens with one attached hydrogen (secondary N) is 3. The molecule has 1 amide bonds. The summed E-state index contributed by atoms with van der Waals surface area (Å²) >= 11 is 0. The lowest BCUT2D eigenvalue weighted by Gasteiger charge is -2.08. The van der Waals surface area contributed by atoms with Gasteiger partial charge < -0.3 is 15.6 Å². The van der Waals surface area contributed by atoms with Crippen LogP contribution in [0.15, 0.2) is 59.8 Å². The highest BCUT2D eigenvalue weighted by Crippen LogP contribution is 2.13. The Morgan fingerprint density at radius 2 is 1.92 bits per heavy atom. The predicted octanol–water partition coefficient (Wildman–Crippen LogP) is 1.98. The quantitative estimate of drug-likeness (QED) is 0.591. The maximum absolute atomic E-state index is 12.2. The van der Waals surface area contributed by atoms with E-state index in [1.54, 1.807) is 12.4 Å². The van der Waals surface area contributed by atoms with Gasteiger partial charge in [-0.05, 0) is 19.1 Å². The van der Waals surface area contributed by atoms with Crippen LogP contribution in [0.3, 0.4) is 0 Å². The highest BCUT2D eigenvalue weighted by Gasteiger charge is 2.12. The van der Waals surface area contributed by atoms with Crippen molar-refractivity contribution in [2.24, 2.45) is 0 Å². The van der Waals surface area contributed by atoms with E-state index in [1.165, 1.54) is 6.20 Å². The summed E-state index contributed by atoms with van der Waals surface area (Å²) in [6.07, 6.45) is 4.69. The lowest BCUT2D eigenvalue weighted by atomic mass is 10.1. The lowest BCUT2D eigenvalue weighted by molar-refractivity contribution is 0.0953. The first kappa shape index (κ1) is 17.3. The van der Waals surface area contributed by atoms with Crippen LogP contribution in [0.1, 0.15) is 15.9 Å². The first-order chi connectivity index (χ1) is 12.6. The molecule has 3 rings (SSSR count). The van der Waals surface area contributed by atoms with Crippen molar-refractivity contribution in [3.63, 3.8) is 0 Å². The van der Waals surface area contributed by atoms with Crippen LogP contribution in [0.5, 0.6) is 0 Å². The minimum Gasteiger partial charge on any atom is -0.382 e. The maximum Gasteiger partial charge on any atom is 0.264 e. The number of carbonyl (C=O) groups excluding carboxylic acids is 1. The van der Waals surface area contributed by atoms with Crippen molar-refractivity contribution in [3.05, 3.63) is 76.5 Å². The maximum atomic E-state index is 12.2. The second kappa shape index (κ2) is 8.06. The zero-order valence-electron chi connectivity index (χ0n) is 14.3. The average Bonchev–Trinajstić information content (AvgIpc) is 2.66. The summed E-state index contributed by atoms with van der Waals surface area (Å²) < 4.78 is 0. The van der Waals surface area contributed by atoms with E-state index in [-0.39, 0.29) is 5.56 Å². The van der Waals surface area contributed by atoms with Crippen molar-refractivity contribution in [2.45, 2.75) is 6.92 Å². The molecule has 0 spiro atoms. The highest BCUT2D eigenvalue weighted by molar-refractivity contribution is 5.93. The predicted molar refractivity (Wildman–Crippen MR) is 100 cm³/mol. The minimum atomic E-state index is -0.465. The summed E-state index contributed by atoms with van der Waals surface area (Å²) in [5.41, 5.74) is 2.30. The van der Waals surface area contributed by atoms with E-state index in [0.29, 0.717) is 18.9 Å². The Balaban J connectivity index is 1.59. The fraction of sp³-hybridized carbons (Fsp3) is 0.158. The van der Waals surface area contributed by atoms with Crippen LogP contribution >= 0.6 is 0 Å². The molecule has 0 aliphatic carbocycles. The SMILES string of the molecule is Cc1ccc(-c2ncc(C(=O)NCCNc3cccnc3)c(=O)[nH]2)cc1. The molecule has 0 saturated heterocycles. The number of hydrogen-bond acceptors (Lipinski definition) is 5. The fourth-order valence-corrected chi connectivity index (χ4v) is 2.36. The number of carbonyl (C=O) groups is 1. The molecular weight excluding hydrogens is 330 g/mol. The summed E-state index contributed by atoms with van der Waals surface area (Å²) in [5, 5.41) is 5.82. The first-order valence-electron chi connectivity index (χ1n) is 8.22. The number of aryl methyl sites for hydroxylation is 1. The number of H-pyrrole nitrogens is 1. The van der Waals surface area contributed by atoms with Crippen LogP contribution in [-0.2, 0) is 0 Å². The number of pyridine rings is 1. The largest absolute Gasteiger partial charge is 0.382 e. The monoisotopic (exact) mass is 349 g/mol. The van der Waals surface area contributed by atoms with Gasteiger partial charge >= 0.3 is 0 Å². The molecule has 0 bridgehead atoms. The fourth-order valence-electron chi connectivity index (χ4n) is 2.36. The van der Waals surface area contributed by atoms with Crippen molar-refractivity contribution >= 4 is 11.6 Å². The summed E-state index contributed by atoms with van der Waals surface area (Å²) in [5.74, 6) is -0.0213. The van der Waals surface area contributed by atoms with E-state index in [1.807, 2.05) is 43.3 Å². The van der Waals surface area contributed by atoms with E-state index < -0.39 is 11.5 Å². The minimum absolute atomic E-state index is 0.0118. The van der Waals surface area contributed by atoms with E-state index in [0.717, 1.165) is 16.8 Å². The van der Waals surface area contributed by atoms with Crippen molar-refractivity contribution in [1.82, 2.24) is 20.3 Å². The smallest absolute Gasteiger partial charge is 0.264 e. The lowest BCUT2D eigenvalue weighted by Crippen LogP contribution is -2.33. The Kier molecular flexibility index (Phi) is 5.38. The molecule has 7 heteroatoms. The van der Waals surface area contributed by atoms with Crippen LogP contribution in [0, 0.1) is 6.92 Å². The van der Waals surface area contributed by atoms with Crippen molar-refractivity contribution in [1.29, 1.82) is 0 Å². The van der Waals surface area contributed by atoms with Crippen LogP contribution < -0.4 is 16.2 Å². The van der Waals surface area contributed by atoms with Crippen molar-refractivity contribution in [2.75, 3.05) is 18.4 Å². The molecule has 132 valence electrons. The molecule has 2 heterocycles. The molecule has 1 aromatic carbocycles. The molecule has 0 atom stereocenters. The second-order valence-corrected chi connectivity index (χ2v) is 5.77. The molecule has 3 aromatic rings. The molecule has 0 aliphatic rings. The van der Waals surface area contributed by atoms with Gasteiger partial charge in [-0.2, -0.15) is 0 Å². The summed E-state index contributed by atoms with van der Waals surface area (Å²) in [7, 11) is 0. The van der Waals surface area contributed by atoms with Gasteiger partial charge in [-0.25, -0.2) is 4.98 Å². The third-order valence-electron chi connectivity index (χ3n) is 3.77. The number of anilines is 1. The highest BCUT2D eigenvalue weighted by atomic mass is 16.2. The Labute approximate surface area is 150 Å². The van der Waals surface area contributed by atoms with E-state index in [2.05, 4.69) is 25.6 Å². The van der Waals surface area contributed by atoms with E-state index in [9.17, 15) is 9.59 Å². The van der Waals surface area contributed by atoms with Crippen molar-refractivity contribution < 1.29 is 4.79 Å². The third-order valence-corrected chi connectivity index (χ3v) is 3.77. The van der Waals surface area contributed by atoms with Crippen LogP contribution in [0.2, 0.25) is 0 Å². The van der Waals surface area contributed by atoms with Gasteiger partial charge in [-0.3, -0.25) is 14.6 Å². The topological polar surface area (TPSA) is 99.8 Å². The summed E-state index contributed by atoms with van der Waals surface area (Å²) in [6, 6.07) is 11.3. The number of aromatic nitrogens is 3. The molecule has 0 saturated carbocycles. The average molecular weight is 349 g/mol. The molecule has 0 unspecified atom stereocenters. The molecule has 7 nitrogen and oxygen atoms in total. The van der Waals surface area contributed by atoms with E-state index >= 15 is 0 Å². The number of benzene rings is 1. The first-order valence-corrected chi connectivity index (χ1v) is 8.22. The van der Waals surface area contributed by atoms with Gasteiger partial charge in [-0.1, -0.05) is 29.8 Å². The molecule has 3 N–H and O–H groups in total. The van der Waals surface area contributed by atoms with Gasteiger partial charge in [0.2, 0.25) is 0 Å². The molecule has 0 fully saturated rings. The molecule has 2 aromatic heterocycles. The second-order valence-electron chi connectivity index (χ2n) is 5.77. The Morgan fingerprint density at radius 3 is 2.62 bits per heavy atom. The van der Waals surface area contributed by atoms with Gasteiger partial charge in [0.25, 0.3) is 11.5 Å². The Bertz CT molecular complexity index is 936. The third kappa shape index (κ3) is 4.32. The Morgan fingerprint density at radius 1 is 1.12 bits per heavy atom. The summed E-state index contributed by atoms with van der Waals surface area (Å²) in [6.45, 7) is 2.87. The zero-order chi connectivity index (χ0) is 18.4. The summed E-state index contributed by atoms with van der Waals surface area (Å²) in [4.78, 5) is 35.2. The van der Waals surface area contributed by atoms with Crippen LogP contribution in [-0.4, -0.2) is 33.9 Å². The molecule has 0 radical (unpaired) electrons. The van der Waals surface area contributed by atoms with Gasteiger partial charge in [0.1, 0.15) is 11.4 Å². The van der Waals surface area contributed by atoms with E-state index in [4.69, 9.17) is 0 Å². The van der Waals surface area contributed by atoms with Gasteiger partial charge in [0.05, 0.1) is 5.69 Å². The standard InChI is InChI=1S/C19H19N5O2/c1-13-4-6-14(7-5-13)17-23-12-16(19(26)24-17)18(25)22-10-9-21-15-3-2-8-20-11-15/h2-8,11-12,21H,9-10H2,1H3,(H,22,25)(H,23,24,26). The Hall–Kier alpha value is -3.48. The number of hydrogen-bond donors (Lipinski definition) is 3. The van der Waals surface area contributed by atoms with Crippen LogP contribution in [0.25, 0.3) is 11.4 Å². The number of nitrogens with zero attached hydrogens (tertiary/aromatic N) is 2. The van der Waals surface area contributed by atoms with Gasteiger partial charge in [-0.15, -0.1) is 0 Å². The van der Waals surface area contributed by atoms with Crippen LogP contribution in [0.4, 0.5) is 5.69 Å². The molecule has 0 aliphatic heterocycles. The number of aromatic amines is 1. The number of amides is 1. The normalized spacial score (nSPS) is 10.3. The zero-order valence-corrected chi connectivity index (χ0v) is 14.3. The molecule has 26 heavy (non-hydrogen) atoms.